The van der Waals surface area contributed by atoms with Crippen LogP contribution in [0.2, 0.25) is 0 Å². The van der Waals surface area contributed by atoms with E-state index in [9.17, 15) is 13.2 Å². The molecule has 162 valence electrons. The molecule has 1 aliphatic rings. The number of benzene rings is 2. The molecule has 0 bridgehead atoms. The molecule has 1 atom stereocenters. The van der Waals surface area contributed by atoms with Gasteiger partial charge < -0.3 is 10.1 Å². The van der Waals surface area contributed by atoms with Crippen LogP contribution in [-0.4, -0.2) is 38.3 Å². The number of hydrogen-bond acceptors (Lipinski definition) is 4. The molecule has 3 rings (SSSR count). The van der Waals surface area contributed by atoms with Gasteiger partial charge in [0.05, 0.1) is 16.9 Å². The second-order valence-electron chi connectivity index (χ2n) is 8.08. The number of amides is 1. The number of piperidine rings is 1. The van der Waals surface area contributed by atoms with E-state index in [1.807, 2.05) is 45.0 Å². The Morgan fingerprint density at radius 1 is 1.13 bits per heavy atom. The Labute approximate surface area is 179 Å². The van der Waals surface area contributed by atoms with Gasteiger partial charge in [-0.25, -0.2) is 8.42 Å². The molecule has 0 spiro atoms. The van der Waals surface area contributed by atoms with E-state index in [1.165, 1.54) is 9.87 Å². The van der Waals surface area contributed by atoms with Crippen LogP contribution in [0.25, 0.3) is 0 Å². The molecule has 1 saturated heterocycles. The van der Waals surface area contributed by atoms with Crippen molar-refractivity contribution in [2.75, 3.05) is 19.7 Å². The quantitative estimate of drug-likeness (QED) is 0.729. The lowest BCUT2D eigenvalue weighted by Gasteiger charge is -2.38. The highest BCUT2D eigenvalue weighted by molar-refractivity contribution is 7.89. The van der Waals surface area contributed by atoms with Crippen molar-refractivity contribution in [1.82, 2.24) is 9.62 Å². The summed E-state index contributed by atoms with van der Waals surface area (Å²) in [4.78, 5) is 13.2. The maximum atomic E-state index is 13.1. The normalized spacial score (nSPS) is 20.0. The number of nitrogens with zero attached hydrogens (tertiary/aromatic N) is 1. The molecule has 1 N–H and O–H groups in total. The molecule has 0 aliphatic carbocycles. The molecule has 0 radical (unpaired) electrons. The van der Waals surface area contributed by atoms with Crippen molar-refractivity contribution in [3.8, 4) is 5.75 Å². The summed E-state index contributed by atoms with van der Waals surface area (Å²) in [6.45, 7) is 7.28. The Hall–Kier alpha value is -2.38. The molecule has 1 heterocycles. The summed E-state index contributed by atoms with van der Waals surface area (Å²) in [7, 11) is -3.67. The SMILES string of the molecule is CCOc1ccc(S(=O)(=O)N2CCCC(C)(C(=O)NCc3ccc(C)cc3)C2)cc1. The van der Waals surface area contributed by atoms with E-state index < -0.39 is 15.4 Å². The fourth-order valence-corrected chi connectivity index (χ4v) is 5.31. The first-order valence-electron chi connectivity index (χ1n) is 10.3. The zero-order valence-corrected chi connectivity index (χ0v) is 18.7. The summed E-state index contributed by atoms with van der Waals surface area (Å²) in [6.07, 6.45) is 1.30. The third-order valence-electron chi connectivity index (χ3n) is 5.56. The second-order valence-corrected chi connectivity index (χ2v) is 10.0. The summed E-state index contributed by atoms with van der Waals surface area (Å²) in [5.41, 5.74) is 1.42. The third-order valence-corrected chi connectivity index (χ3v) is 7.42. The molecule has 2 aromatic carbocycles. The average molecular weight is 431 g/mol. The zero-order valence-electron chi connectivity index (χ0n) is 17.8. The molecule has 1 amide bonds. The summed E-state index contributed by atoms with van der Waals surface area (Å²) in [5, 5.41) is 2.98. The van der Waals surface area contributed by atoms with Gasteiger partial charge in [0.25, 0.3) is 0 Å². The minimum absolute atomic E-state index is 0.116. The van der Waals surface area contributed by atoms with Gasteiger partial charge in [0, 0.05) is 19.6 Å². The summed E-state index contributed by atoms with van der Waals surface area (Å²) < 4.78 is 33.1. The smallest absolute Gasteiger partial charge is 0.243 e. The Kier molecular flexibility index (Phi) is 6.83. The number of rotatable bonds is 7. The van der Waals surface area contributed by atoms with Crippen LogP contribution in [0.1, 0.15) is 37.8 Å². The van der Waals surface area contributed by atoms with E-state index in [4.69, 9.17) is 4.74 Å². The number of nitrogens with one attached hydrogen (secondary N) is 1. The lowest BCUT2D eigenvalue weighted by molar-refractivity contribution is -0.132. The highest BCUT2D eigenvalue weighted by Crippen LogP contribution is 2.33. The van der Waals surface area contributed by atoms with Crippen molar-refractivity contribution in [3.63, 3.8) is 0 Å². The Morgan fingerprint density at radius 2 is 1.80 bits per heavy atom. The van der Waals surface area contributed by atoms with E-state index in [1.54, 1.807) is 24.3 Å². The van der Waals surface area contributed by atoms with Gasteiger partial charge in [0.1, 0.15) is 5.75 Å². The summed E-state index contributed by atoms with van der Waals surface area (Å²) >= 11 is 0. The molecule has 1 fully saturated rings. The van der Waals surface area contributed by atoms with Crippen LogP contribution in [-0.2, 0) is 21.4 Å². The monoisotopic (exact) mass is 430 g/mol. The highest BCUT2D eigenvalue weighted by atomic mass is 32.2. The molecule has 0 aromatic heterocycles. The van der Waals surface area contributed by atoms with Crippen molar-refractivity contribution in [1.29, 1.82) is 0 Å². The van der Waals surface area contributed by atoms with Crippen molar-refractivity contribution >= 4 is 15.9 Å². The Balaban J connectivity index is 1.69. The average Bonchev–Trinajstić information content (AvgIpc) is 2.74. The van der Waals surface area contributed by atoms with Gasteiger partial charge >= 0.3 is 0 Å². The van der Waals surface area contributed by atoms with Gasteiger partial charge in [0.2, 0.25) is 15.9 Å². The van der Waals surface area contributed by atoms with Crippen LogP contribution in [0, 0.1) is 12.3 Å². The van der Waals surface area contributed by atoms with Gasteiger partial charge in [-0.05, 0) is 63.4 Å². The van der Waals surface area contributed by atoms with Crippen LogP contribution in [0.5, 0.6) is 5.75 Å². The van der Waals surface area contributed by atoms with Gasteiger partial charge in [-0.3, -0.25) is 4.79 Å². The summed E-state index contributed by atoms with van der Waals surface area (Å²) in [5.74, 6) is 0.519. The lowest BCUT2D eigenvalue weighted by Crippen LogP contribution is -2.51. The van der Waals surface area contributed by atoms with Crippen LogP contribution in [0.3, 0.4) is 0 Å². The Bertz CT molecular complexity index is 971. The molecule has 7 heteroatoms. The van der Waals surface area contributed by atoms with Crippen molar-refractivity contribution < 1.29 is 17.9 Å². The van der Waals surface area contributed by atoms with Crippen molar-refractivity contribution in [2.24, 2.45) is 5.41 Å². The molecular formula is C23H30N2O4S. The second kappa shape index (κ2) is 9.18. The molecule has 1 aliphatic heterocycles. The minimum atomic E-state index is -3.67. The first-order valence-corrected chi connectivity index (χ1v) is 11.8. The molecule has 2 aromatic rings. The first-order chi connectivity index (χ1) is 14.2. The predicted molar refractivity (Wildman–Crippen MR) is 117 cm³/mol. The van der Waals surface area contributed by atoms with Gasteiger partial charge in [0.15, 0.2) is 0 Å². The predicted octanol–water partition coefficient (Wildman–Crippen LogP) is 3.50. The molecule has 30 heavy (non-hydrogen) atoms. The Morgan fingerprint density at radius 3 is 2.43 bits per heavy atom. The molecular weight excluding hydrogens is 400 g/mol. The van der Waals surface area contributed by atoms with Crippen molar-refractivity contribution in [3.05, 3.63) is 59.7 Å². The fraction of sp³-hybridized carbons (Fsp3) is 0.435. The lowest BCUT2D eigenvalue weighted by atomic mass is 9.82. The number of hydrogen-bond donors (Lipinski definition) is 1. The molecule has 1 unspecified atom stereocenters. The number of carbonyl (C=O) groups is 1. The maximum Gasteiger partial charge on any atom is 0.243 e. The number of carbonyl (C=O) groups excluding carboxylic acids is 1. The minimum Gasteiger partial charge on any atom is -0.494 e. The van der Waals surface area contributed by atoms with E-state index in [0.29, 0.717) is 38.3 Å². The van der Waals surface area contributed by atoms with Crippen molar-refractivity contribution in [2.45, 2.75) is 45.1 Å². The van der Waals surface area contributed by atoms with E-state index >= 15 is 0 Å². The number of aryl methyl sites for hydroxylation is 1. The number of sulfonamides is 1. The topological polar surface area (TPSA) is 75.7 Å². The zero-order chi connectivity index (χ0) is 21.8. The number of ether oxygens (including phenoxy) is 1. The van der Waals surface area contributed by atoms with Gasteiger partial charge in [-0.1, -0.05) is 29.8 Å². The third kappa shape index (κ3) is 5.02. The highest BCUT2D eigenvalue weighted by Gasteiger charge is 2.41. The molecule has 6 nitrogen and oxygen atoms in total. The maximum absolute atomic E-state index is 13.1. The van der Waals surface area contributed by atoms with Gasteiger partial charge in [-0.2, -0.15) is 4.31 Å². The van der Waals surface area contributed by atoms with Crippen LogP contribution in [0.15, 0.2) is 53.4 Å². The van der Waals surface area contributed by atoms with E-state index in [0.717, 1.165) is 5.56 Å². The van der Waals surface area contributed by atoms with Crippen LogP contribution < -0.4 is 10.1 Å². The summed E-state index contributed by atoms with van der Waals surface area (Å²) in [6, 6.07) is 14.4. The molecule has 0 saturated carbocycles. The van der Waals surface area contributed by atoms with Gasteiger partial charge in [-0.15, -0.1) is 0 Å². The van der Waals surface area contributed by atoms with E-state index in [2.05, 4.69) is 5.32 Å². The largest absolute Gasteiger partial charge is 0.494 e. The van der Waals surface area contributed by atoms with E-state index in [-0.39, 0.29) is 17.3 Å². The fourth-order valence-electron chi connectivity index (χ4n) is 3.71. The standard InChI is InChI=1S/C23H30N2O4S/c1-4-29-20-10-12-21(13-11-20)30(27,28)25-15-5-14-23(3,17-25)22(26)24-16-19-8-6-18(2)7-9-19/h6-13H,4-5,14-17H2,1-3H3,(H,24,26). The van der Waals surface area contributed by atoms with Crippen LogP contribution >= 0.6 is 0 Å². The first kappa shape index (κ1) is 22.3. The van der Waals surface area contributed by atoms with Crippen LogP contribution in [0.4, 0.5) is 0 Å².